The minimum Gasteiger partial charge on any atom is -0.370 e. The smallest absolute Gasteiger partial charge is 0.310 e. The molecule has 0 atom stereocenters. The van der Waals surface area contributed by atoms with Gasteiger partial charge in [-0.05, 0) is 79.9 Å². The number of imidazole rings is 1. The number of halogens is 5. The van der Waals surface area contributed by atoms with Gasteiger partial charge < -0.3 is 15.1 Å². The van der Waals surface area contributed by atoms with Crippen molar-refractivity contribution in [2.75, 3.05) is 36.0 Å². The number of aryl methyl sites for hydroxylation is 2. The third-order valence-electron chi connectivity index (χ3n) is 7.07. The third kappa shape index (κ3) is 6.01. The van der Waals surface area contributed by atoms with Gasteiger partial charge in [-0.25, -0.2) is 4.98 Å². The largest absolute Gasteiger partial charge is 0.370 e. The zero-order valence-corrected chi connectivity index (χ0v) is 22.9. The van der Waals surface area contributed by atoms with E-state index in [9.17, 15) is 24.2 Å². The molecule has 1 amide bonds. The van der Waals surface area contributed by atoms with Gasteiger partial charge in [0, 0.05) is 50.3 Å². The predicted molar refractivity (Wildman–Crippen MR) is 149 cm³/mol. The van der Waals surface area contributed by atoms with E-state index in [0.29, 0.717) is 55.4 Å². The molecule has 0 radical (unpaired) electrons. The highest BCUT2D eigenvalue weighted by Crippen LogP contribution is 3.02. The lowest BCUT2D eigenvalue weighted by atomic mass is 10.2. The van der Waals surface area contributed by atoms with Gasteiger partial charge in [-0.1, -0.05) is 31.6 Å². The molecule has 40 heavy (non-hydrogen) atoms. The first-order chi connectivity index (χ1) is 18.7. The van der Waals surface area contributed by atoms with Crippen LogP contribution in [-0.2, 0) is 6.54 Å². The van der Waals surface area contributed by atoms with E-state index in [-0.39, 0.29) is 5.91 Å². The number of carbonyl (C=O) groups is 1. The van der Waals surface area contributed by atoms with Crippen LogP contribution < -0.4 is 15.1 Å². The average molecular weight is 580 g/mol. The van der Waals surface area contributed by atoms with Crippen molar-refractivity contribution in [3.05, 3.63) is 89.4 Å². The van der Waals surface area contributed by atoms with E-state index in [1.54, 1.807) is 4.40 Å². The minimum absolute atomic E-state index is 0.209. The number of rotatable bonds is 6. The predicted octanol–water partition coefficient (Wildman–Crippen LogP) is 7.26. The van der Waals surface area contributed by atoms with Crippen molar-refractivity contribution in [2.45, 2.75) is 31.7 Å². The molecule has 1 N–H and O–H groups in total. The summed E-state index contributed by atoms with van der Waals surface area (Å²) in [5.41, 5.74) is 5.35. The average Bonchev–Trinajstić information content (AvgIpc) is 3.04. The van der Waals surface area contributed by atoms with Crippen LogP contribution in [0.15, 0.2) is 71.8 Å². The number of hydrogen-bond acceptors (Lipinski definition) is 4. The summed E-state index contributed by atoms with van der Waals surface area (Å²) in [6, 6.07) is 14.9. The first kappa shape index (κ1) is 27.8. The summed E-state index contributed by atoms with van der Waals surface area (Å²) in [5.74, 6) is -0.209. The molecular formula is C28H30F5N5OS. The molecule has 1 saturated heterocycles. The van der Waals surface area contributed by atoms with Gasteiger partial charge in [-0.3, -0.25) is 9.20 Å². The standard InChI is InChI=1S/C28H30F5N5OS/c1-20-12-15-38-26(18-20)35-21(2)27(38)28(39)34-19-22-4-6-23(7-5-22)36-13-3-14-37(17-16-36)24-8-10-25(11-9-24)40(29,30,31,32)33/h4-12,15,18H,3,13-14,16-17,19H2,1-2H3,(H,34,39). The highest BCUT2D eigenvalue weighted by molar-refractivity contribution is 8.45. The lowest BCUT2D eigenvalue weighted by molar-refractivity contribution is 0.0944. The van der Waals surface area contributed by atoms with Gasteiger partial charge in [0.2, 0.25) is 0 Å². The minimum atomic E-state index is -9.68. The molecule has 5 rings (SSSR count). The SMILES string of the molecule is Cc1ccn2c(C(=O)NCc3ccc(N4CCCN(c5ccc(S(F)(F)(F)(F)F)cc5)CC4)cc3)c(C)nc2c1. The molecule has 0 unspecified atom stereocenters. The van der Waals surface area contributed by atoms with Crippen LogP contribution in [0.1, 0.15) is 33.7 Å². The van der Waals surface area contributed by atoms with Crippen molar-refractivity contribution in [3.8, 4) is 0 Å². The lowest BCUT2D eigenvalue weighted by Crippen LogP contribution is -2.30. The third-order valence-corrected chi connectivity index (χ3v) is 8.23. The van der Waals surface area contributed by atoms with E-state index in [2.05, 4.69) is 15.2 Å². The van der Waals surface area contributed by atoms with Crippen molar-refractivity contribution in [3.63, 3.8) is 0 Å². The number of aromatic nitrogens is 2. The molecule has 1 aliphatic heterocycles. The topological polar surface area (TPSA) is 52.9 Å². The Hall–Kier alpha value is -3.80. The quantitative estimate of drug-likeness (QED) is 0.245. The van der Waals surface area contributed by atoms with E-state index in [1.807, 2.05) is 61.3 Å². The Kier molecular flexibility index (Phi) is 6.52. The van der Waals surface area contributed by atoms with Crippen molar-refractivity contribution < 1.29 is 24.2 Å². The van der Waals surface area contributed by atoms with Gasteiger partial charge in [-0.2, -0.15) is 0 Å². The Labute approximate surface area is 229 Å². The summed E-state index contributed by atoms with van der Waals surface area (Å²) in [6.07, 6.45) is 2.59. The molecular weight excluding hydrogens is 549 g/mol. The Morgan fingerprint density at radius 3 is 2.00 bits per heavy atom. The zero-order valence-electron chi connectivity index (χ0n) is 22.1. The van der Waals surface area contributed by atoms with Gasteiger partial charge in [0.25, 0.3) is 5.91 Å². The highest BCUT2D eigenvalue weighted by atomic mass is 32.5. The van der Waals surface area contributed by atoms with E-state index in [1.165, 1.54) is 0 Å². The van der Waals surface area contributed by atoms with Crippen molar-refractivity contribution >= 4 is 33.2 Å². The number of nitrogens with zero attached hydrogens (tertiary/aromatic N) is 4. The fourth-order valence-corrected chi connectivity index (χ4v) is 5.63. The fourth-order valence-electron chi connectivity index (χ4n) is 4.98. The Morgan fingerprint density at radius 1 is 0.850 bits per heavy atom. The normalized spacial score (nSPS) is 16.4. The van der Waals surface area contributed by atoms with E-state index in [0.717, 1.165) is 47.6 Å². The van der Waals surface area contributed by atoms with Crippen LogP contribution in [0.5, 0.6) is 0 Å². The van der Waals surface area contributed by atoms with Crippen LogP contribution in [0.3, 0.4) is 0 Å². The molecule has 1 aliphatic rings. The monoisotopic (exact) mass is 579 g/mol. The number of fused-ring (bicyclic) bond motifs is 1. The maximum absolute atomic E-state index is 13.0. The van der Waals surface area contributed by atoms with Crippen molar-refractivity contribution in [2.24, 2.45) is 0 Å². The van der Waals surface area contributed by atoms with Crippen molar-refractivity contribution in [1.82, 2.24) is 14.7 Å². The summed E-state index contributed by atoms with van der Waals surface area (Å²) in [4.78, 5) is 19.6. The first-order valence-corrected chi connectivity index (χ1v) is 14.8. The molecule has 1 fully saturated rings. The summed E-state index contributed by atoms with van der Waals surface area (Å²) in [7, 11) is -9.68. The first-order valence-electron chi connectivity index (χ1n) is 12.8. The van der Waals surface area contributed by atoms with E-state index < -0.39 is 15.1 Å². The zero-order chi connectivity index (χ0) is 28.8. The van der Waals surface area contributed by atoms with Gasteiger partial charge in [0.05, 0.1) is 5.69 Å². The number of carbonyl (C=O) groups excluding carboxylic acids is 1. The maximum atomic E-state index is 13.0. The summed E-state index contributed by atoms with van der Waals surface area (Å²) in [6.45, 7) is 6.62. The van der Waals surface area contributed by atoms with Gasteiger partial charge in [0.1, 0.15) is 16.2 Å². The number of nitrogens with one attached hydrogen (secondary N) is 1. The number of pyridine rings is 1. The van der Waals surface area contributed by atoms with Crippen LogP contribution in [-0.4, -0.2) is 41.5 Å². The molecule has 4 aromatic rings. The van der Waals surface area contributed by atoms with E-state index >= 15 is 0 Å². The van der Waals surface area contributed by atoms with Gasteiger partial charge in [-0.15, -0.1) is 0 Å². The van der Waals surface area contributed by atoms with E-state index in [4.69, 9.17) is 0 Å². The Bertz CT molecular complexity index is 1550. The Balaban J connectivity index is 1.19. The molecule has 0 saturated carbocycles. The van der Waals surface area contributed by atoms with Gasteiger partial charge >= 0.3 is 10.2 Å². The second-order valence-corrected chi connectivity index (χ2v) is 12.5. The lowest BCUT2D eigenvalue weighted by Gasteiger charge is -2.40. The van der Waals surface area contributed by atoms with Crippen LogP contribution in [0.25, 0.3) is 5.65 Å². The number of hydrogen-bond donors (Lipinski definition) is 1. The number of benzene rings is 2. The maximum Gasteiger partial charge on any atom is 0.310 e. The molecule has 3 heterocycles. The number of amides is 1. The summed E-state index contributed by atoms with van der Waals surface area (Å²) >= 11 is 0. The molecule has 2 aromatic heterocycles. The second-order valence-electron chi connectivity index (χ2n) is 10.1. The molecule has 214 valence electrons. The molecule has 12 heteroatoms. The van der Waals surface area contributed by atoms with Crippen LogP contribution in [0, 0.1) is 13.8 Å². The second kappa shape index (κ2) is 9.39. The molecule has 6 nitrogen and oxygen atoms in total. The van der Waals surface area contributed by atoms with Crippen LogP contribution >= 0.6 is 10.2 Å². The molecule has 2 aromatic carbocycles. The molecule has 0 spiro atoms. The van der Waals surface area contributed by atoms with Gasteiger partial charge in [0.15, 0.2) is 0 Å². The number of anilines is 2. The fraction of sp³-hybridized carbons (Fsp3) is 0.286. The Morgan fingerprint density at radius 2 is 1.43 bits per heavy atom. The molecule has 0 aliphatic carbocycles. The van der Waals surface area contributed by atoms with Crippen LogP contribution in [0.4, 0.5) is 30.8 Å². The summed E-state index contributed by atoms with van der Waals surface area (Å²) in [5, 5.41) is 2.96. The molecule has 0 bridgehead atoms. The van der Waals surface area contributed by atoms with Crippen LogP contribution in [0.2, 0.25) is 0 Å². The van der Waals surface area contributed by atoms with Crippen molar-refractivity contribution in [1.29, 1.82) is 0 Å². The highest BCUT2D eigenvalue weighted by Gasteiger charge is 2.65. The summed E-state index contributed by atoms with van der Waals surface area (Å²) < 4.78 is 67.0.